The molecule has 0 fully saturated rings. The molecular formula is C24H19BrN4O3. The minimum Gasteiger partial charge on any atom is -0.507 e. The fourth-order valence-corrected chi connectivity index (χ4v) is 3.43. The van der Waals surface area contributed by atoms with Gasteiger partial charge in [0.25, 0.3) is 5.56 Å². The predicted octanol–water partition coefficient (Wildman–Crippen LogP) is 4.69. The second-order valence-electron chi connectivity index (χ2n) is 6.93. The van der Waals surface area contributed by atoms with Crippen LogP contribution in [0.3, 0.4) is 0 Å². The van der Waals surface area contributed by atoms with Crippen molar-refractivity contribution < 1.29 is 9.94 Å². The highest BCUT2D eigenvalue weighted by Gasteiger charge is 2.11. The maximum absolute atomic E-state index is 13.1. The van der Waals surface area contributed by atoms with Crippen molar-refractivity contribution in [3.05, 3.63) is 105 Å². The first-order valence-electron chi connectivity index (χ1n) is 9.78. The van der Waals surface area contributed by atoms with Crippen molar-refractivity contribution in [2.45, 2.75) is 13.5 Å². The summed E-state index contributed by atoms with van der Waals surface area (Å²) in [5, 5.41) is 18.9. The molecule has 7 nitrogen and oxygen atoms in total. The van der Waals surface area contributed by atoms with E-state index in [0.717, 1.165) is 14.7 Å². The lowest BCUT2D eigenvalue weighted by Crippen LogP contribution is -2.22. The smallest absolute Gasteiger partial charge is 0.282 e. The van der Waals surface area contributed by atoms with Gasteiger partial charge in [0.2, 0.25) is 0 Å². The number of phenolic OH excluding ortho intramolecular Hbond substituents is 1. The lowest BCUT2D eigenvalue weighted by atomic mass is 10.1. The van der Waals surface area contributed by atoms with Crippen molar-refractivity contribution in [3.63, 3.8) is 0 Å². The Labute approximate surface area is 192 Å². The van der Waals surface area contributed by atoms with E-state index in [0.29, 0.717) is 22.2 Å². The lowest BCUT2D eigenvalue weighted by molar-refractivity contribution is 0.122. The minimum absolute atomic E-state index is 0.0413. The van der Waals surface area contributed by atoms with E-state index in [9.17, 15) is 9.90 Å². The number of rotatable bonds is 6. The van der Waals surface area contributed by atoms with Crippen molar-refractivity contribution in [1.82, 2.24) is 9.66 Å². The van der Waals surface area contributed by atoms with Crippen LogP contribution in [0.4, 0.5) is 0 Å². The Morgan fingerprint density at radius 2 is 1.88 bits per heavy atom. The minimum atomic E-state index is -0.344. The number of hydrogen-bond donors (Lipinski definition) is 1. The first-order chi connectivity index (χ1) is 15.5. The molecule has 0 aliphatic heterocycles. The van der Waals surface area contributed by atoms with E-state index in [-0.39, 0.29) is 23.7 Å². The Bertz CT molecular complexity index is 1380. The van der Waals surface area contributed by atoms with E-state index in [1.807, 2.05) is 43.3 Å². The zero-order valence-corrected chi connectivity index (χ0v) is 18.7. The fourth-order valence-electron chi connectivity index (χ4n) is 3.05. The van der Waals surface area contributed by atoms with Crippen molar-refractivity contribution >= 4 is 38.8 Å². The topological polar surface area (TPSA) is 89.1 Å². The van der Waals surface area contributed by atoms with Gasteiger partial charge in [-0.25, -0.2) is 4.98 Å². The Morgan fingerprint density at radius 1 is 1.12 bits per heavy atom. The van der Waals surface area contributed by atoms with Gasteiger partial charge in [-0.05, 0) is 42.8 Å². The van der Waals surface area contributed by atoms with Crippen molar-refractivity contribution in [2.24, 2.45) is 10.3 Å². The predicted molar refractivity (Wildman–Crippen MR) is 128 cm³/mol. The normalized spacial score (nSPS) is 11.9. The zero-order valence-electron chi connectivity index (χ0n) is 17.1. The molecule has 4 rings (SSSR count). The molecule has 1 aromatic heterocycles. The van der Waals surface area contributed by atoms with Crippen LogP contribution in [0.2, 0.25) is 0 Å². The van der Waals surface area contributed by atoms with Crippen LogP contribution in [0, 0.1) is 0 Å². The van der Waals surface area contributed by atoms with Gasteiger partial charge in [-0.1, -0.05) is 63.6 Å². The zero-order chi connectivity index (χ0) is 22.5. The van der Waals surface area contributed by atoms with Crippen molar-refractivity contribution in [2.75, 3.05) is 0 Å². The third kappa shape index (κ3) is 4.76. The maximum Gasteiger partial charge on any atom is 0.282 e. The van der Waals surface area contributed by atoms with Gasteiger partial charge in [0, 0.05) is 10.0 Å². The monoisotopic (exact) mass is 490 g/mol. The lowest BCUT2D eigenvalue weighted by Gasteiger charge is -2.09. The van der Waals surface area contributed by atoms with E-state index in [2.05, 4.69) is 31.2 Å². The molecule has 0 unspecified atom stereocenters. The first kappa shape index (κ1) is 21.5. The summed E-state index contributed by atoms with van der Waals surface area (Å²) < 4.78 is 1.94. The fraction of sp³-hybridized carbons (Fsp3) is 0.0833. The molecule has 0 aliphatic rings. The van der Waals surface area contributed by atoms with Crippen LogP contribution in [0.25, 0.3) is 10.9 Å². The van der Waals surface area contributed by atoms with Crippen LogP contribution < -0.4 is 5.56 Å². The van der Waals surface area contributed by atoms with Gasteiger partial charge in [-0.15, -0.1) is 0 Å². The summed E-state index contributed by atoms with van der Waals surface area (Å²) in [5.41, 5.74) is 2.27. The first-order valence-corrected chi connectivity index (χ1v) is 10.6. The summed E-state index contributed by atoms with van der Waals surface area (Å²) in [6.07, 6.45) is 1.40. The van der Waals surface area contributed by atoms with E-state index in [4.69, 9.17) is 4.84 Å². The van der Waals surface area contributed by atoms with Crippen molar-refractivity contribution in [1.29, 1.82) is 0 Å². The summed E-state index contributed by atoms with van der Waals surface area (Å²) in [7, 11) is 0. The van der Waals surface area contributed by atoms with Crippen LogP contribution >= 0.6 is 15.9 Å². The molecule has 160 valence electrons. The van der Waals surface area contributed by atoms with Gasteiger partial charge in [-0.3, -0.25) is 4.79 Å². The molecule has 0 saturated heterocycles. The van der Waals surface area contributed by atoms with Crippen LogP contribution in [0.15, 0.2) is 92.3 Å². The number of benzene rings is 3. The van der Waals surface area contributed by atoms with Crippen molar-refractivity contribution in [3.8, 4) is 5.75 Å². The highest BCUT2D eigenvalue weighted by Crippen LogP contribution is 2.20. The molecular weight excluding hydrogens is 472 g/mol. The molecule has 3 aromatic carbocycles. The van der Waals surface area contributed by atoms with E-state index >= 15 is 0 Å². The van der Waals surface area contributed by atoms with Gasteiger partial charge in [-0.2, -0.15) is 9.78 Å². The molecule has 32 heavy (non-hydrogen) atoms. The van der Waals surface area contributed by atoms with E-state index < -0.39 is 0 Å². The molecule has 8 heteroatoms. The highest BCUT2D eigenvalue weighted by atomic mass is 79.9. The molecule has 4 aromatic rings. The molecule has 0 amide bonds. The summed E-state index contributed by atoms with van der Waals surface area (Å²) in [6, 6.07) is 21.6. The second kappa shape index (κ2) is 9.57. The largest absolute Gasteiger partial charge is 0.507 e. The van der Waals surface area contributed by atoms with E-state index in [1.54, 1.807) is 30.3 Å². The number of para-hydroxylation sites is 1. The molecule has 1 N–H and O–H groups in total. The molecule has 0 aliphatic carbocycles. The number of halogens is 1. The average Bonchev–Trinajstić information content (AvgIpc) is 2.81. The summed E-state index contributed by atoms with van der Waals surface area (Å²) in [5.74, 6) is 0.323. The standard InChI is InChI=1S/C24H19BrN4O3/c1-16(17-7-3-2-4-8-17)28-32-15-23-27-21-10-6-5-9-20(21)24(31)29(23)26-14-18-13-19(25)11-12-22(18)30/h2-14,30H,15H2,1H3/b26-14+,28-16?. The Hall–Kier alpha value is -3.78. The number of nitrogens with zero attached hydrogens (tertiary/aromatic N) is 4. The third-order valence-corrected chi connectivity index (χ3v) is 5.20. The second-order valence-corrected chi connectivity index (χ2v) is 7.84. The number of hydrogen-bond acceptors (Lipinski definition) is 6. The van der Waals surface area contributed by atoms with Gasteiger partial charge in [0.1, 0.15) is 5.75 Å². The SMILES string of the molecule is CC(=NOCc1nc2ccccc2c(=O)n1/N=C/c1cc(Br)ccc1O)c1ccccc1. The number of fused-ring (bicyclic) bond motifs is 1. The van der Waals surface area contributed by atoms with Gasteiger partial charge in [0.15, 0.2) is 12.4 Å². The van der Waals surface area contributed by atoms with Crippen LogP contribution in [0.1, 0.15) is 23.9 Å². The third-order valence-electron chi connectivity index (χ3n) is 4.71. The summed E-state index contributed by atoms with van der Waals surface area (Å²) in [6.45, 7) is 1.77. The van der Waals surface area contributed by atoms with E-state index in [1.165, 1.54) is 12.3 Å². The molecule has 0 atom stereocenters. The summed E-state index contributed by atoms with van der Waals surface area (Å²) in [4.78, 5) is 23.1. The number of phenols is 1. The number of aromatic nitrogens is 2. The summed E-state index contributed by atoms with van der Waals surface area (Å²) >= 11 is 3.36. The number of oxime groups is 1. The molecule has 0 spiro atoms. The van der Waals surface area contributed by atoms with Crippen LogP contribution in [-0.2, 0) is 11.4 Å². The van der Waals surface area contributed by atoms with Crippen LogP contribution in [0.5, 0.6) is 5.75 Å². The molecule has 0 saturated carbocycles. The Balaban J connectivity index is 1.70. The van der Waals surface area contributed by atoms with Gasteiger partial charge < -0.3 is 9.94 Å². The quantitative estimate of drug-likeness (QED) is 0.313. The van der Waals surface area contributed by atoms with Gasteiger partial charge >= 0.3 is 0 Å². The molecule has 0 bridgehead atoms. The van der Waals surface area contributed by atoms with Gasteiger partial charge in [0.05, 0.1) is 22.8 Å². The Morgan fingerprint density at radius 3 is 2.69 bits per heavy atom. The number of aromatic hydroxyl groups is 1. The Kier molecular flexibility index (Phi) is 6.42. The maximum atomic E-state index is 13.1. The van der Waals surface area contributed by atoms with Crippen LogP contribution in [-0.4, -0.2) is 26.7 Å². The highest BCUT2D eigenvalue weighted by molar-refractivity contribution is 9.10. The average molecular weight is 491 g/mol. The molecule has 1 heterocycles. The molecule has 0 radical (unpaired) electrons.